The Balaban J connectivity index is 2.03. The number of fused-ring (bicyclic) bond motifs is 1. The first-order valence-electron chi connectivity index (χ1n) is 6.41. The summed E-state index contributed by atoms with van der Waals surface area (Å²) in [4.78, 5) is 12.4. The van der Waals surface area contributed by atoms with Crippen LogP contribution in [0.3, 0.4) is 0 Å². The second-order valence-electron chi connectivity index (χ2n) is 5.02. The van der Waals surface area contributed by atoms with E-state index in [1.165, 1.54) is 6.33 Å². The van der Waals surface area contributed by atoms with E-state index in [4.69, 9.17) is 5.73 Å². The number of hydrogen-bond acceptors (Lipinski definition) is 6. The van der Waals surface area contributed by atoms with Crippen molar-refractivity contribution in [2.45, 2.75) is 18.9 Å². The van der Waals surface area contributed by atoms with Crippen molar-refractivity contribution in [2.75, 3.05) is 18.9 Å². The summed E-state index contributed by atoms with van der Waals surface area (Å²) in [5.41, 5.74) is 7.05. The number of hydrogen-bond donors (Lipinski definition) is 3. The monoisotopic (exact) mass is 263 g/mol. The highest BCUT2D eigenvalue weighted by Crippen LogP contribution is 2.41. The second-order valence-corrected chi connectivity index (χ2v) is 5.02. The van der Waals surface area contributed by atoms with Gasteiger partial charge in [0.15, 0.2) is 11.5 Å². The minimum absolute atomic E-state index is 0.0265. The molecule has 1 saturated carbocycles. The van der Waals surface area contributed by atoms with Gasteiger partial charge in [-0.3, -0.25) is 0 Å². The SMILES string of the molecule is Nc1ncnc2c1ncn2[C@@H]1CC[C@H](CO)[C@@H]1CO. The van der Waals surface area contributed by atoms with E-state index < -0.39 is 0 Å². The predicted molar refractivity (Wildman–Crippen MR) is 69.2 cm³/mol. The molecule has 0 amide bonds. The van der Waals surface area contributed by atoms with Gasteiger partial charge in [0.1, 0.15) is 11.8 Å². The van der Waals surface area contributed by atoms with Gasteiger partial charge in [0, 0.05) is 25.2 Å². The summed E-state index contributed by atoms with van der Waals surface area (Å²) in [6.07, 6.45) is 4.91. The van der Waals surface area contributed by atoms with Crippen LogP contribution in [0.2, 0.25) is 0 Å². The van der Waals surface area contributed by atoms with E-state index in [0.717, 1.165) is 12.8 Å². The van der Waals surface area contributed by atoms with E-state index in [1.807, 2.05) is 4.57 Å². The van der Waals surface area contributed by atoms with Crippen molar-refractivity contribution in [3.8, 4) is 0 Å². The topological polar surface area (TPSA) is 110 Å². The fourth-order valence-electron chi connectivity index (χ4n) is 3.08. The van der Waals surface area contributed by atoms with Gasteiger partial charge < -0.3 is 20.5 Å². The molecule has 2 heterocycles. The van der Waals surface area contributed by atoms with Crippen LogP contribution < -0.4 is 5.73 Å². The van der Waals surface area contributed by atoms with Crippen molar-refractivity contribution < 1.29 is 10.2 Å². The molecule has 102 valence electrons. The molecule has 3 atom stereocenters. The maximum Gasteiger partial charge on any atom is 0.165 e. The normalized spacial score (nSPS) is 27.2. The average molecular weight is 263 g/mol. The van der Waals surface area contributed by atoms with Gasteiger partial charge in [-0.2, -0.15) is 0 Å². The maximum atomic E-state index is 9.56. The first kappa shape index (κ1) is 12.3. The van der Waals surface area contributed by atoms with Crippen LogP contribution >= 0.6 is 0 Å². The summed E-state index contributed by atoms with van der Waals surface area (Å²) in [5.74, 6) is 0.520. The highest BCUT2D eigenvalue weighted by Gasteiger charge is 2.37. The Labute approximate surface area is 110 Å². The molecule has 7 nitrogen and oxygen atoms in total. The van der Waals surface area contributed by atoms with Gasteiger partial charge in [0.2, 0.25) is 0 Å². The van der Waals surface area contributed by atoms with E-state index in [2.05, 4.69) is 15.0 Å². The lowest BCUT2D eigenvalue weighted by Gasteiger charge is -2.22. The van der Waals surface area contributed by atoms with Crippen molar-refractivity contribution in [1.82, 2.24) is 19.5 Å². The molecule has 0 aliphatic heterocycles. The second kappa shape index (κ2) is 4.75. The summed E-state index contributed by atoms with van der Waals surface area (Å²) >= 11 is 0. The van der Waals surface area contributed by atoms with E-state index in [9.17, 15) is 10.2 Å². The molecule has 0 bridgehead atoms. The summed E-state index contributed by atoms with van der Waals surface area (Å²) < 4.78 is 1.95. The van der Waals surface area contributed by atoms with Crippen molar-refractivity contribution >= 4 is 17.0 Å². The number of imidazole rings is 1. The Bertz CT molecular complexity index is 585. The molecule has 2 aromatic rings. The van der Waals surface area contributed by atoms with Gasteiger partial charge in [-0.15, -0.1) is 0 Å². The molecule has 0 spiro atoms. The van der Waals surface area contributed by atoms with Crippen molar-refractivity contribution in [1.29, 1.82) is 0 Å². The van der Waals surface area contributed by atoms with Gasteiger partial charge in [0.05, 0.1) is 6.33 Å². The third kappa shape index (κ3) is 1.85. The maximum absolute atomic E-state index is 9.56. The van der Waals surface area contributed by atoms with Crippen molar-refractivity contribution in [2.24, 2.45) is 11.8 Å². The zero-order valence-corrected chi connectivity index (χ0v) is 10.5. The number of anilines is 1. The van der Waals surface area contributed by atoms with Gasteiger partial charge in [-0.25, -0.2) is 15.0 Å². The van der Waals surface area contributed by atoms with Crippen LogP contribution in [0.4, 0.5) is 5.82 Å². The molecule has 19 heavy (non-hydrogen) atoms. The quantitative estimate of drug-likeness (QED) is 0.716. The highest BCUT2D eigenvalue weighted by atomic mass is 16.3. The minimum atomic E-state index is 0.0265. The van der Waals surface area contributed by atoms with Gasteiger partial charge >= 0.3 is 0 Å². The fourth-order valence-corrected chi connectivity index (χ4v) is 3.08. The molecule has 4 N–H and O–H groups in total. The number of nitrogens with two attached hydrogens (primary N) is 1. The van der Waals surface area contributed by atoms with E-state index in [-0.39, 0.29) is 31.1 Å². The molecule has 1 fully saturated rings. The molecule has 0 saturated heterocycles. The third-order valence-corrected chi connectivity index (χ3v) is 4.12. The molecular weight excluding hydrogens is 246 g/mol. The average Bonchev–Trinajstić information content (AvgIpc) is 3.01. The number of aliphatic hydroxyl groups is 2. The number of nitrogens with zero attached hydrogens (tertiary/aromatic N) is 4. The van der Waals surface area contributed by atoms with Crippen molar-refractivity contribution in [3.63, 3.8) is 0 Å². The van der Waals surface area contributed by atoms with Crippen LogP contribution in [0.5, 0.6) is 0 Å². The smallest absolute Gasteiger partial charge is 0.165 e. The largest absolute Gasteiger partial charge is 0.396 e. The van der Waals surface area contributed by atoms with Gasteiger partial charge in [-0.05, 0) is 18.8 Å². The molecule has 7 heteroatoms. The van der Waals surface area contributed by atoms with Crippen LogP contribution in [-0.4, -0.2) is 42.9 Å². The molecule has 1 aliphatic carbocycles. The number of nitrogen functional groups attached to an aromatic ring is 1. The summed E-state index contributed by atoms with van der Waals surface area (Å²) in [6, 6.07) is 0.0986. The Morgan fingerprint density at radius 1 is 1.21 bits per heavy atom. The van der Waals surface area contributed by atoms with E-state index in [1.54, 1.807) is 6.33 Å². The number of aromatic nitrogens is 4. The highest BCUT2D eigenvalue weighted by molar-refractivity contribution is 5.81. The van der Waals surface area contributed by atoms with Crippen LogP contribution in [0.1, 0.15) is 18.9 Å². The zero-order chi connectivity index (χ0) is 13.4. The van der Waals surface area contributed by atoms with Gasteiger partial charge in [-0.1, -0.05) is 0 Å². The fraction of sp³-hybridized carbons (Fsp3) is 0.583. The van der Waals surface area contributed by atoms with E-state index >= 15 is 0 Å². The Morgan fingerprint density at radius 3 is 2.79 bits per heavy atom. The summed E-state index contributed by atoms with van der Waals surface area (Å²) in [5, 5.41) is 18.9. The molecule has 1 aliphatic rings. The molecule has 3 rings (SSSR count). The van der Waals surface area contributed by atoms with Gasteiger partial charge in [0.25, 0.3) is 0 Å². The lowest BCUT2D eigenvalue weighted by atomic mass is 9.95. The number of rotatable bonds is 3. The molecule has 0 aromatic carbocycles. The number of aliphatic hydroxyl groups excluding tert-OH is 2. The lowest BCUT2D eigenvalue weighted by molar-refractivity contribution is 0.121. The molecule has 0 unspecified atom stereocenters. The van der Waals surface area contributed by atoms with Crippen LogP contribution in [0.25, 0.3) is 11.2 Å². The third-order valence-electron chi connectivity index (χ3n) is 4.12. The Hall–Kier alpha value is -1.73. The molecular formula is C12H17N5O2. The first-order valence-corrected chi connectivity index (χ1v) is 6.41. The summed E-state index contributed by atoms with van der Waals surface area (Å²) in [7, 11) is 0. The van der Waals surface area contributed by atoms with E-state index in [0.29, 0.717) is 17.0 Å². The molecule has 2 aromatic heterocycles. The lowest BCUT2D eigenvalue weighted by Crippen LogP contribution is -2.23. The summed E-state index contributed by atoms with van der Waals surface area (Å²) in [6.45, 7) is 0.154. The molecule has 0 radical (unpaired) electrons. The van der Waals surface area contributed by atoms with Crippen LogP contribution in [0.15, 0.2) is 12.7 Å². The zero-order valence-electron chi connectivity index (χ0n) is 10.5. The minimum Gasteiger partial charge on any atom is -0.396 e. The Kier molecular flexibility index (Phi) is 3.08. The predicted octanol–water partition coefficient (Wildman–Crippen LogP) is -0.0396. The Morgan fingerprint density at radius 2 is 2.05 bits per heavy atom. The van der Waals surface area contributed by atoms with Crippen molar-refractivity contribution in [3.05, 3.63) is 12.7 Å². The van der Waals surface area contributed by atoms with Crippen LogP contribution in [-0.2, 0) is 0 Å². The standard InChI is InChI=1S/C12H17N5O2/c13-11-10-12(15-5-14-11)17(6-16-10)9-2-1-7(3-18)8(9)4-19/h5-9,18-19H,1-4H2,(H2,13,14,15)/t7-,8+,9-/m1/s1. The first-order chi connectivity index (χ1) is 9.26. The van der Waals surface area contributed by atoms with Crippen LogP contribution in [0, 0.1) is 11.8 Å².